The molecule has 0 amide bonds. The van der Waals surface area contributed by atoms with Crippen LogP contribution in [-0.2, 0) is 0 Å². The molecular formula is C10H8FN3S. The molecule has 2 aromatic rings. The Bertz CT molecular complexity index is 441. The fourth-order valence-corrected chi connectivity index (χ4v) is 1.39. The molecule has 5 heteroatoms. The second-order valence-corrected chi connectivity index (χ2v) is 3.61. The SMILES string of the molecule is CSc1ncc(-c2ccc(F)cc2)nn1. The number of thioether (sulfide) groups is 1. The van der Waals surface area contributed by atoms with Crippen molar-refractivity contribution in [2.45, 2.75) is 5.16 Å². The number of halogens is 1. The standard InChI is InChI=1S/C10H8FN3S/c1-15-10-12-6-9(13-14-10)7-2-4-8(11)5-3-7/h2-6H,1H3. The maximum Gasteiger partial charge on any atom is 0.208 e. The van der Waals surface area contributed by atoms with Gasteiger partial charge in [0.25, 0.3) is 0 Å². The predicted molar refractivity (Wildman–Crippen MR) is 57.0 cm³/mol. The van der Waals surface area contributed by atoms with E-state index >= 15 is 0 Å². The maximum absolute atomic E-state index is 12.7. The first-order chi connectivity index (χ1) is 7.29. The largest absolute Gasteiger partial charge is 0.227 e. The zero-order valence-electron chi connectivity index (χ0n) is 8.01. The summed E-state index contributed by atoms with van der Waals surface area (Å²) in [6.45, 7) is 0. The molecule has 0 N–H and O–H groups in total. The number of hydrogen-bond donors (Lipinski definition) is 0. The summed E-state index contributed by atoms with van der Waals surface area (Å²) in [6.07, 6.45) is 3.51. The van der Waals surface area contributed by atoms with Crippen LogP contribution in [-0.4, -0.2) is 21.4 Å². The van der Waals surface area contributed by atoms with Crippen LogP contribution in [0.15, 0.2) is 35.6 Å². The van der Waals surface area contributed by atoms with E-state index in [1.54, 1.807) is 18.3 Å². The Hall–Kier alpha value is -1.49. The van der Waals surface area contributed by atoms with Crippen LogP contribution >= 0.6 is 11.8 Å². The van der Waals surface area contributed by atoms with Crippen molar-refractivity contribution in [3.05, 3.63) is 36.3 Å². The molecule has 0 saturated heterocycles. The van der Waals surface area contributed by atoms with Gasteiger partial charge in [0.1, 0.15) is 11.5 Å². The minimum Gasteiger partial charge on any atom is -0.227 e. The first kappa shape index (κ1) is 10.0. The van der Waals surface area contributed by atoms with Crippen LogP contribution in [0.4, 0.5) is 4.39 Å². The third-order valence-electron chi connectivity index (χ3n) is 1.86. The molecule has 0 atom stereocenters. The molecule has 0 aliphatic carbocycles. The van der Waals surface area contributed by atoms with Gasteiger partial charge in [0, 0.05) is 5.56 Å². The molecule has 3 nitrogen and oxygen atoms in total. The lowest BCUT2D eigenvalue weighted by Gasteiger charge is -1.99. The summed E-state index contributed by atoms with van der Waals surface area (Å²) in [6, 6.07) is 6.08. The lowest BCUT2D eigenvalue weighted by atomic mass is 10.2. The number of nitrogens with zero attached hydrogens (tertiary/aromatic N) is 3. The molecule has 0 spiro atoms. The van der Waals surface area contributed by atoms with Crippen molar-refractivity contribution >= 4 is 11.8 Å². The molecule has 2 rings (SSSR count). The molecule has 76 valence electrons. The first-order valence-electron chi connectivity index (χ1n) is 4.29. The van der Waals surface area contributed by atoms with E-state index in [1.165, 1.54) is 23.9 Å². The molecule has 0 radical (unpaired) electrons. The Labute approximate surface area is 90.8 Å². The molecule has 1 heterocycles. The molecule has 1 aromatic heterocycles. The molecule has 0 saturated carbocycles. The number of hydrogen-bond acceptors (Lipinski definition) is 4. The van der Waals surface area contributed by atoms with Crippen LogP contribution in [0, 0.1) is 5.82 Å². The van der Waals surface area contributed by atoms with Crippen LogP contribution in [0.3, 0.4) is 0 Å². The van der Waals surface area contributed by atoms with Gasteiger partial charge in [0.2, 0.25) is 5.16 Å². The summed E-state index contributed by atoms with van der Waals surface area (Å²) < 4.78 is 12.7. The Morgan fingerprint density at radius 3 is 2.40 bits per heavy atom. The van der Waals surface area contributed by atoms with Crippen molar-refractivity contribution in [2.75, 3.05) is 6.26 Å². The predicted octanol–water partition coefficient (Wildman–Crippen LogP) is 2.40. The first-order valence-corrected chi connectivity index (χ1v) is 5.52. The van der Waals surface area contributed by atoms with Crippen LogP contribution in [0.2, 0.25) is 0 Å². The molecule has 15 heavy (non-hydrogen) atoms. The van der Waals surface area contributed by atoms with Crippen molar-refractivity contribution in [1.29, 1.82) is 0 Å². The van der Waals surface area contributed by atoms with Gasteiger partial charge in [-0.2, -0.15) is 0 Å². The van der Waals surface area contributed by atoms with Crippen LogP contribution in [0.1, 0.15) is 0 Å². The molecular weight excluding hydrogens is 213 g/mol. The number of rotatable bonds is 2. The average molecular weight is 221 g/mol. The molecule has 0 aliphatic heterocycles. The molecule has 0 bridgehead atoms. The van der Waals surface area contributed by atoms with Gasteiger partial charge in [0.05, 0.1) is 6.20 Å². The zero-order valence-corrected chi connectivity index (χ0v) is 8.83. The van der Waals surface area contributed by atoms with Crippen molar-refractivity contribution < 1.29 is 4.39 Å². The summed E-state index contributed by atoms with van der Waals surface area (Å²) in [5.74, 6) is -0.264. The highest BCUT2D eigenvalue weighted by molar-refractivity contribution is 7.98. The summed E-state index contributed by atoms with van der Waals surface area (Å²) in [4.78, 5) is 4.09. The van der Waals surface area contributed by atoms with Crippen LogP contribution in [0.25, 0.3) is 11.3 Å². The van der Waals surface area contributed by atoms with E-state index in [2.05, 4.69) is 15.2 Å². The van der Waals surface area contributed by atoms with Gasteiger partial charge < -0.3 is 0 Å². The minimum atomic E-state index is -0.264. The van der Waals surface area contributed by atoms with Gasteiger partial charge in [-0.1, -0.05) is 11.8 Å². The molecule has 0 unspecified atom stereocenters. The molecule has 1 aromatic carbocycles. The van der Waals surface area contributed by atoms with E-state index < -0.39 is 0 Å². The Balaban J connectivity index is 2.33. The highest BCUT2D eigenvalue weighted by atomic mass is 32.2. The summed E-state index contributed by atoms with van der Waals surface area (Å²) in [7, 11) is 0. The fourth-order valence-electron chi connectivity index (χ4n) is 1.11. The van der Waals surface area contributed by atoms with E-state index in [1.807, 2.05) is 6.26 Å². The third kappa shape index (κ3) is 2.30. The second kappa shape index (κ2) is 4.35. The van der Waals surface area contributed by atoms with E-state index in [9.17, 15) is 4.39 Å². The van der Waals surface area contributed by atoms with Gasteiger partial charge in [-0.15, -0.1) is 10.2 Å². The highest BCUT2D eigenvalue weighted by Gasteiger charge is 2.01. The zero-order chi connectivity index (χ0) is 10.7. The van der Waals surface area contributed by atoms with E-state index in [0.717, 1.165) is 5.56 Å². The molecule has 0 fully saturated rings. The van der Waals surface area contributed by atoms with Gasteiger partial charge in [-0.25, -0.2) is 9.37 Å². The number of benzene rings is 1. The smallest absolute Gasteiger partial charge is 0.208 e. The minimum absolute atomic E-state index is 0.264. The van der Waals surface area contributed by atoms with Crippen LogP contribution in [0.5, 0.6) is 0 Å². The van der Waals surface area contributed by atoms with E-state index in [-0.39, 0.29) is 5.82 Å². The quantitative estimate of drug-likeness (QED) is 0.730. The van der Waals surface area contributed by atoms with E-state index in [0.29, 0.717) is 10.9 Å². The van der Waals surface area contributed by atoms with E-state index in [4.69, 9.17) is 0 Å². The Morgan fingerprint density at radius 1 is 1.13 bits per heavy atom. The van der Waals surface area contributed by atoms with Crippen LogP contribution < -0.4 is 0 Å². The monoisotopic (exact) mass is 221 g/mol. The summed E-state index contributed by atoms with van der Waals surface area (Å²) in [5.41, 5.74) is 1.46. The van der Waals surface area contributed by atoms with Crippen molar-refractivity contribution in [1.82, 2.24) is 15.2 Å². The third-order valence-corrected chi connectivity index (χ3v) is 2.42. The lowest BCUT2D eigenvalue weighted by Crippen LogP contribution is -1.92. The van der Waals surface area contributed by atoms with Crippen molar-refractivity contribution in [3.8, 4) is 11.3 Å². The fraction of sp³-hybridized carbons (Fsp3) is 0.100. The number of aromatic nitrogens is 3. The van der Waals surface area contributed by atoms with Gasteiger partial charge >= 0.3 is 0 Å². The normalized spacial score (nSPS) is 10.3. The summed E-state index contributed by atoms with van der Waals surface area (Å²) in [5, 5.41) is 8.52. The van der Waals surface area contributed by atoms with Crippen molar-refractivity contribution in [2.24, 2.45) is 0 Å². The van der Waals surface area contributed by atoms with Gasteiger partial charge in [-0.05, 0) is 30.5 Å². The van der Waals surface area contributed by atoms with Crippen molar-refractivity contribution in [3.63, 3.8) is 0 Å². The second-order valence-electron chi connectivity index (χ2n) is 2.84. The Morgan fingerprint density at radius 2 is 1.87 bits per heavy atom. The summed E-state index contributed by atoms with van der Waals surface area (Å²) >= 11 is 1.43. The average Bonchev–Trinajstić information content (AvgIpc) is 2.30. The van der Waals surface area contributed by atoms with Gasteiger partial charge in [-0.3, -0.25) is 0 Å². The topological polar surface area (TPSA) is 38.7 Å². The lowest BCUT2D eigenvalue weighted by molar-refractivity contribution is 0.628. The Kier molecular flexibility index (Phi) is 2.91. The van der Waals surface area contributed by atoms with Gasteiger partial charge in [0.15, 0.2) is 0 Å². The maximum atomic E-state index is 12.7. The molecule has 0 aliphatic rings. The highest BCUT2D eigenvalue weighted by Crippen LogP contribution is 2.16.